The predicted octanol–water partition coefficient (Wildman–Crippen LogP) is 2.30. The monoisotopic (exact) mass is 354 g/mol. The summed E-state index contributed by atoms with van der Waals surface area (Å²) in [5.74, 6) is 1.24. The van der Waals surface area contributed by atoms with Crippen molar-refractivity contribution in [1.29, 1.82) is 0 Å². The van der Waals surface area contributed by atoms with Crippen LogP contribution in [0.15, 0.2) is 16.7 Å². The van der Waals surface area contributed by atoms with Crippen LogP contribution < -0.4 is 5.32 Å². The molecule has 1 N–H and O–H groups in total. The van der Waals surface area contributed by atoms with Crippen LogP contribution in [0, 0.1) is 5.92 Å². The first-order chi connectivity index (χ1) is 10.0. The van der Waals surface area contributed by atoms with E-state index in [1.807, 2.05) is 18.0 Å². The zero-order valence-electron chi connectivity index (χ0n) is 12.9. The van der Waals surface area contributed by atoms with Crippen LogP contribution in [-0.2, 0) is 0 Å². The summed E-state index contributed by atoms with van der Waals surface area (Å²) < 4.78 is 0.817. The van der Waals surface area contributed by atoms with Gasteiger partial charge >= 0.3 is 0 Å². The lowest BCUT2D eigenvalue weighted by Crippen LogP contribution is -2.38. The first kappa shape index (κ1) is 16.2. The van der Waals surface area contributed by atoms with Gasteiger partial charge in [0.1, 0.15) is 5.82 Å². The number of hydrogen-bond donors (Lipinski definition) is 1. The van der Waals surface area contributed by atoms with E-state index < -0.39 is 0 Å². The van der Waals surface area contributed by atoms with Crippen molar-refractivity contribution >= 4 is 27.7 Å². The summed E-state index contributed by atoms with van der Waals surface area (Å²) in [5.41, 5.74) is 0.613. The summed E-state index contributed by atoms with van der Waals surface area (Å²) in [7, 11) is 5.81. The van der Waals surface area contributed by atoms with E-state index in [1.54, 1.807) is 13.2 Å². The van der Waals surface area contributed by atoms with Gasteiger partial charge in [-0.3, -0.25) is 4.79 Å². The van der Waals surface area contributed by atoms with Crippen LogP contribution in [0.3, 0.4) is 0 Å². The topological polar surface area (TPSA) is 48.5 Å². The van der Waals surface area contributed by atoms with Crippen molar-refractivity contribution in [2.75, 3.05) is 46.1 Å². The fourth-order valence-corrected chi connectivity index (χ4v) is 3.05. The molecule has 2 rings (SSSR count). The maximum Gasteiger partial charge on any atom is 0.257 e. The molecule has 116 valence electrons. The van der Waals surface area contributed by atoms with Crippen LogP contribution in [0.2, 0.25) is 0 Å². The molecule has 1 saturated heterocycles. The van der Waals surface area contributed by atoms with Crippen molar-refractivity contribution in [3.63, 3.8) is 0 Å². The number of carbonyl (C=O) groups excluding carboxylic acids is 1. The molecule has 1 aromatic heterocycles. The van der Waals surface area contributed by atoms with Crippen molar-refractivity contribution < 1.29 is 4.79 Å². The Labute approximate surface area is 134 Å². The number of likely N-dealkylation sites (tertiary alicyclic amines) is 1. The van der Waals surface area contributed by atoms with Gasteiger partial charge in [0.25, 0.3) is 5.91 Å². The van der Waals surface area contributed by atoms with E-state index in [0.29, 0.717) is 17.3 Å². The van der Waals surface area contributed by atoms with E-state index >= 15 is 0 Å². The highest BCUT2D eigenvalue weighted by atomic mass is 79.9. The maximum atomic E-state index is 12.6. The molecule has 0 saturated carbocycles. The lowest BCUT2D eigenvalue weighted by atomic mass is 9.96. The molecule has 0 atom stereocenters. The molecule has 1 aromatic rings. The number of nitrogens with one attached hydrogen (secondary N) is 1. The molecular weight excluding hydrogens is 332 g/mol. The molecule has 0 radical (unpaired) electrons. The fraction of sp³-hybridized carbons (Fsp3) is 0.600. The minimum atomic E-state index is 0.0204. The van der Waals surface area contributed by atoms with Crippen LogP contribution in [0.5, 0.6) is 0 Å². The number of carbonyl (C=O) groups is 1. The quantitative estimate of drug-likeness (QED) is 0.901. The Bertz CT molecular complexity index is 500. The summed E-state index contributed by atoms with van der Waals surface area (Å²) in [6, 6.07) is 1.83. The van der Waals surface area contributed by atoms with E-state index in [4.69, 9.17) is 0 Å². The van der Waals surface area contributed by atoms with Gasteiger partial charge in [-0.05, 0) is 60.9 Å². The number of amides is 1. The molecule has 1 aliphatic rings. The average Bonchev–Trinajstić information content (AvgIpc) is 2.48. The molecule has 1 fully saturated rings. The van der Waals surface area contributed by atoms with Crippen molar-refractivity contribution in [3.05, 3.63) is 22.3 Å². The summed E-state index contributed by atoms with van der Waals surface area (Å²) in [6.45, 7) is 3.04. The Morgan fingerprint density at radius 3 is 2.81 bits per heavy atom. The minimum Gasteiger partial charge on any atom is -0.372 e. The molecule has 0 aromatic carbocycles. The highest BCUT2D eigenvalue weighted by Crippen LogP contribution is 2.21. The number of halogens is 1. The van der Waals surface area contributed by atoms with Crippen LogP contribution in [0.1, 0.15) is 23.2 Å². The maximum absolute atomic E-state index is 12.6. The molecule has 5 nitrogen and oxygen atoms in total. The number of hydrogen-bond acceptors (Lipinski definition) is 4. The van der Waals surface area contributed by atoms with Crippen LogP contribution in [0.4, 0.5) is 5.82 Å². The van der Waals surface area contributed by atoms with Crippen molar-refractivity contribution in [2.45, 2.75) is 12.8 Å². The number of rotatable bonds is 4. The first-order valence-electron chi connectivity index (χ1n) is 7.28. The number of pyridine rings is 1. The summed E-state index contributed by atoms with van der Waals surface area (Å²) in [5, 5.41) is 2.98. The van der Waals surface area contributed by atoms with E-state index in [-0.39, 0.29) is 5.91 Å². The molecule has 0 bridgehead atoms. The van der Waals surface area contributed by atoms with Gasteiger partial charge in [0.05, 0.1) is 5.56 Å². The van der Waals surface area contributed by atoms with E-state index in [1.165, 1.54) is 0 Å². The number of anilines is 1. The van der Waals surface area contributed by atoms with Gasteiger partial charge in [0, 0.05) is 31.3 Å². The first-order valence-corrected chi connectivity index (χ1v) is 8.08. The molecule has 21 heavy (non-hydrogen) atoms. The zero-order valence-corrected chi connectivity index (χ0v) is 14.5. The lowest BCUT2D eigenvalue weighted by Gasteiger charge is -2.31. The van der Waals surface area contributed by atoms with E-state index in [2.05, 4.69) is 38.2 Å². The Morgan fingerprint density at radius 2 is 2.19 bits per heavy atom. The summed E-state index contributed by atoms with van der Waals surface area (Å²) >= 11 is 3.38. The molecule has 6 heteroatoms. The SMILES string of the molecule is CNc1ncc(Br)cc1C(=O)N(C)CC1CCN(C)CC1. The average molecular weight is 355 g/mol. The molecule has 0 spiro atoms. The van der Waals surface area contributed by atoms with Gasteiger partial charge in [-0.25, -0.2) is 4.98 Å². The molecule has 0 unspecified atom stereocenters. The van der Waals surface area contributed by atoms with Gasteiger partial charge in [-0.2, -0.15) is 0 Å². The van der Waals surface area contributed by atoms with Gasteiger partial charge < -0.3 is 15.1 Å². The zero-order chi connectivity index (χ0) is 15.4. The van der Waals surface area contributed by atoms with Gasteiger partial charge in [-0.15, -0.1) is 0 Å². The third-order valence-corrected chi connectivity index (χ3v) is 4.47. The number of piperidine rings is 1. The second-order valence-corrected chi connectivity index (χ2v) is 6.65. The molecule has 1 amide bonds. The second kappa shape index (κ2) is 7.22. The molecule has 2 heterocycles. The Morgan fingerprint density at radius 1 is 1.52 bits per heavy atom. The minimum absolute atomic E-state index is 0.0204. The van der Waals surface area contributed by atoms with Crippen molar-refractivity contribution in [1.82, 2.24) is 14.8 Å². The molecule has 0 aliphatic carbocycles. The van der Waals surface area contributed by atoms with Crippen LogP contribution in [-0.4, -0.2) is 61.5 Å². The smallest absolute Gasteiger partial charge is 0.257 e. The lowest BCUT2D eigenvalue weighted by molar-refractivity contribution is 0.0747. The largest absolute Gasteiger partial charge is 0.372 e. The van der Waals surface area contributed by atoms with E-state index in [9.17, 15) is 4.79 Å². The summed E-state index contributed by atoms with van der Waals surface area (Å²) in [6.07, 6.45) is 4.01. The van der Waals surface area contributed by atoms with Gasteiger partial charge in [0.15, 0.2) is 0 Å². The highest BCUT2D eigenvalue weighted by molar-refractivity contribution is 9.10. The van der Waals surface area contributed by atoms with Crippen LogP contribution >= 0.6 is 15.9 Å². The van der Waals surface area contributed by atoms with Gasteiger partial charge in [-0.1, -0.05) is 0 Å². The fourth-order valence-electron chi connectivity index (χ4n) is 2.72. The normalized spacial score (nSPS) is 16.8. The third-order valence-electron chi connectivity index (χ3n) is 4.04. The summed E-state index contributed by atoms with van der Waals surface area (Å²) in [4.78, 5) is 21.0. The van der Waals surface area contributed by atoms with Crippen molar-refractivity contribution in [2.24, 2.45) is 5.92 Å². The predicted molar refractivity (Wildman–Crippen MR) is 88.7 cm³/mol. The molecule has 1 aliphatic heterocycles. The Balaban J connectivity index is 2.03. The number of nitrogens with zero attached hydrogens (tertiary/aromatic N) is 3. The Hall–Kier alpha value is -1.14. The highest BCUT2D eigenvalue weighted by Gasteiger charge is 2.22. The van der Waals surface area contributed by atoms with E-state index in [0.717, 1.165) is 36.9 Å². The molecular formula is C15H23BrN4O. The third kappa shape index (κ3) is 4.17. The Kier molecular flexibility index (Phi) is 5.58. The standard InChI is InChI=1S/C15H23BrN4O/c1-17-14-13(8-12(16)9-18-14)15(21)20(3)10-11-4-6-19(2)7-5-11/h8-9,11H,4-7,10H2,1-3H3,(H,17,18). The van der Waals surface area contributed by atoms with Gasteiger partial charge in [0.2, 0.25) is 0 Å². The van der Waals surface area contributed by atoms with Crippen molar-refractivity contribution in [3.8, 4) is 0 Å². The second-order valence-electron chi connectivity index (χ2n) is 5.73. The number of aromatic nitrogens is 1. The van der Waals surface area contributed by atoms with Crippen LogP contribution in [0.25, 0.3) is 0 Å².